The predicted octanol–water partition coefficient (Wildman–Crippen LogP) is 1.67. The van der Waals surface area contributed by atoms with Gasteiger partial charge in [0.15, 0.2) is 0 Å². The maximum atomic E-state index is 13.0. The van der Waals surface area contributed by atoms with Gasteiger partial charge in [-0.2, -0.15) is 4.40 Å². The van der Waals surface area contributed by atoms with E-state index in [0.29, 0.717) is 11.4 Å². The summed E-state index contributed by atoms with van der Waals surface area (Å²) in [7, 11) is 0. The lowest BCUT2D eigenvalue weighted by Gasteiger charge is -2.08. The minimum Gasteiger partial charge on any atom is -0.839 e. The maximum Gasteiger partial charge on any atom is 0.387 e. The molecule has 0 bridgehead atoms. The molecule has 0 fully saturated rings. The summed E-state index contributed by atoms with van der Waals surface area (Å²) in [5, 5.41) is 13.0. The van der Waals surface area contributed by atoms with Crippen molar-refractivity contribution in [2.24, 2.45) is 0 Å². The maximum absolute atomic E-state index is 13.0. The van der Waals surface area contributed by atoms with Crippen molar-refractivity contribution in [1.82, 2.24) is 14.4 Å². The number of imidazole rings is 1. The summed E-state index contributed by atoms with van der Waals surface area (Å²) >= 11 is 0. The molecular formula is C20H16N4O3. The van der Waals surface area contributed by atoms with E-state index in [4.69, 9.17) is 4.74 Å². The molecule has 7 nitrogen and oxygen atoms in total. The number of ether oxygens (including phenoxy) is 1. The van der Waals surface area contributed by atoms with Gasteiger partial charge in [-0.05, 0) is 24.6 Å². The van der Waals surface area contributed by atoms with Crippen molar-refractivity contribution in [1.29, 1.82) is 0 Å². The minimum absolute atomic E-state index is 0.0503. The SMILES string of the molecule is Cc1ccccc1OC(=O)c1c([O-])[n+](Cc2cncnc2)c2ccccn12. The number of benzene rings is 1. The highest BCUT2D eigenvalue weighted by molar-refractivity contribution is 5.92. The molecule has 0 spiro atoms. The fourth-order valence-corrected chi connectivity index (χ4v) is 2.93. The Hall–Kier alpha value is -3.74. The first kappa shape index (κ1) is 16.7. The van der Waals surface area contributed by atoms with Crippen molar-refractivity contribution >= 4 is 11.6 Å². The molecule has 0 aliphatic carbocycles. The van der Waals surface area contributed by atoms with E-state index in [2.05, 4.69) is 9.97 Å². The van der Waals surface area contributed by atoms with Crippen molar-refractivity contribution in [2.75, 3.05) is 0 Å². The number of para-hydroxylation sites is 1. The molecule has 0 radical (unpaired) electrons. The lowest BCUT2D eigenvalue weighted by Crippen LogP contribution is -2.37. The molecule has 3 aromatic heterocycles. The molecule has 27 heavy (non-hydrogen) atoms. The number of hydrogen-bond acceptors (Lipinski definition) is 5. The molecule has 4 aromatic rings. The standard InChI is InChI=1S/C20H16N4O3/c1-14-6-2-3-7-16(14)27-20(26)18-19(25)24(12-15-10-21-13-22-11-15)17-8-4-5-9-23(17)18/h2-11,13H,12H2,1H3. The minimum atomic E-state index is -0.696. The molecule has 134 valence electrons. The van der Waals surface area contributed by atoms with Crippen LogP contribution >= 0.6 is 0 Å². The van der Waals surface area contributed by atoms with E-state index in [-0.39, 0.29) is 12.2 Å². The third-order valence-corrected chi connectivity index (χ3v) is 4.25. The highest BCUT2D eigenvalue weighted by Crippen LogP contribution is 2.21. The van der Waals surface area contributed by atoms with Gasteiger partial charge >= 0.3 is 5.97 Å². The average Bonchev–Trinajstić information content (AvgIpc) is 2.96. The molecular weight excluding hydrogens is 344 g/mol. The van der Waals surface area contributed by atoms with Crippen molar-refractivity contribution in [3.05, 3.63) is 84.2 Å². The quantitative estimate of drug-likeness (QED) is 0.314. The Bertz CT molecular complexity index is 1120. The van der Waals surface area contributed by atoms with Crippen molar-refractivity contribution in [3.63, 3.8) is 0 Å². The lowest BCUT2D eigenvalue weighted by atomic mass is 10.2. The third kappa shape index (κ3) is 3.10. The van der Waals surface area contributed by atoms with E-state index in [1.807, 2.05) is 25.1 Å². The molecule has 4 rings (SSSR count). The number of esters is 1. The van der Waals surface area contributed by atoms with Gasteiger partial charge in [-0.15, -0.1) is 0 Å². The molecule has 0 N–H and O–H groups in total. The van der Waals surface area contributed by atoms with Gasteiger partial charge < -0.3 is 9.84 Å². The number of aromatic nitrogens is 4. The Morgan fingerprint density at radius 2 is 1.89 bits per heavy atom. The van der Waals surface area contributed by atoms with Crippen molar-refractivity contribution in [2.45, 2.75) is 13.5 Å². The smallest absolute Gasteiger partial charge is 0.387 e. The third-order valence-electron chi connectivity index (χ3n) is 4.25. The number of nitrogens with zero attached hydrogens (tertiary/aromatic N) is 4. The van der Waals surface area contributed by atoms with Gasteiger partial charge in [-0.1, -0.05) is 24.3 Å². The predicted molar refractivity (Wildman–Crippen MR) is 94.3 cm³/mol. The van der Waals surface area contributed by atoms with Crippen LogP contribution in [0.2, 0.25) is 0 Å². The van der Waals surface area contributed by atoms with Crippen LogP contribution in [-0.2, 0) is 6.54 Å². The van der Waals surface area contributed by atoms with Gasteiger partial charge in [0.1, 0.15) is 24.5 Å². The molecule has 0 unspecified atom stereocenters. The zero-order chi connectivity index (χ0) is 18.8. The second-order valence-electron chi connectivity index (χ2n) is 6.07. The molecule has 7 heteroatoms. The van der Waals surface area contributed by atoms with E-state index in [0.717, 1.165) is 11.1 Å². The van der Waals surface area contributed by atoms with E-state index >= 15 is 0 Å². The fourth-order valence-electron chi connectivity index (χ4n) is 2.93. The zero-order valence-electron chi connectivity index (χ0n) is 14.6. The fraction of sp³-hybridized carbons (Fsp3) is 0.100. The van der Waals surface area contributed by atoms with Crippen molar-refractivity contribution < 1.29 is 19.2 Å². The number of carbonyl (C=O) groups is 1. The van der Waals surface area contributed by atoms with Crippen LogP contribution in [0.4, 0.5) is 0 Å². The van der Waals surface area contributed by atoms with E-state index in [1.54, 1.807) is 47.3 Å². The number of rotatable bonds is 4. The van der Waals surface area contributed by atoms with Crippen LogP contribution in [0.3, 0.4) is 0 Å². The Balaban J connectivity index is 1.78. The average molecular weight is 360 g/mol. The van der Waals surface area contributed by atoms with Gasteiger partial charge in [0.25, 0.3) is 11.3 Å². The highest BCUT2D eigenvalue weighted by Gasteiger charge is 2.27. The molecule has 3 heterocycles. The van der Waals surface area contributed by atoms with Gasteiger partial charge in [-0.3, -0.25) is 0 Å². The first-order chi connectivity index (χ1) is 13.1. The number of carbonyl (C=O) groups excluding carboxylic acids is 1. The first-order valence-electron chi connectivity index (χ1n) is 8.37. The van der Waals surface area contributed by atoms with Crippen LogP contribution in [-0.4, -0.2) is 20.3 Å². The normalized spacial score (nSPS) is 10.9. The van der Waals surface area contributed by atoms with Crippen LogP contribution in [0, 0.1) is 6.92 Å². The van der Waals surface area contributed by atoms with Gasteiger partial charge in [-0.25, -0.2) is 19.3 Å². The van der Waals surface area contributed by atoms with Crippen molar-refractivity contribution in [3.8, 4) is 11.6 Å². The number of pyridine rings is 1. The van der Waals surface area contributed by atoms with E-state index in [9.17, 15) is 9.90 Å². The summed E-state index contributed by atoms with van der Waals surface area (Å²) in [4.78, 5) is 20.7. The Morgan fingerprint density at radius 3 is 2.67 bits per heavy atom. The summed E-state index contributed by atoms with van der Waals surface area (Å²) < 4.78 is 8.54. The largest absolute Gasteiger partial charge is 0.839 e. The van der Waals surface area contributed by atoms with E-state index in [1.165, 1.54) is 10.9 Å². The Labute approximate surface area is 155 Å². The Kier molecular flexibility index (Phi) is 4.25. The molecule has 1 aromatic carbocycles. The summed E-state index contributed by atoms with van der Waals surface area (Å²) in [5.74, 6) is -0.696. The molecule has 0 aliphatic rings. The van der Waals surface area contributed by atoms with Gasteiger partial charge in [0.05, 0.1) is 6.20 Å². The molecule has 0 saturated carbocycles. The van der Waals surface area contributed by atoms with E-state index < -0.39 is 11.8 Å². The molecule has 0 saturated heterocycles. The molecule has 0 atom stereocenters. The van der Waals surface area contributed by atoms with Crippen LogP contribution in [0.15, 0.2) is 67.4 Å². The monoisotopic (exact) mass is 360 g/mol. The summed E-state index contributed by atoms with van der Waals surface area (Å²) in [6.45, 7) is 2.09. The molecule has 0 aliphatic heterocycles. The number of aryl methyl sites for hydroxylation is 1. The number of hydrogen-bond donors (Lipinski definition) is 0. The zero-order valence-corrected chi connectivity index (χ0v) is 14.6. The van der Waals surface area contributed by atoms with Crippen LogP contribution in [0.25, 0.3) is 5.65 Å². The molecule has 0 amide bonds. The summed E-state index contributed by atoms with van der Waals surface area (Å²) in [6.07, 6.45) is 6.37. The number of fused-ring (bicyclic) bond motifs is 1. The highest BCUT2D eigenvalue weighted by atomic mass is 16.5. The lowest BCUT2D eigenvalue weighted by molar-refractivity contribution is -0.704. The van der Waals surface area contributed by atoms with Gasteiger partial charge in [0.2, 0.25) is 0 Å². The van der Waals surface area contributed by atoms with Gasteiger partial charge in [0, 0.05) is 24.0 Å². The first-order valence-corrected chi connectivity index (χ1v) is 8.37. The Morgan fingerprint density at radius 1 is 1.15 bits per heavy atom. The second-order valence-corrected chi connectivity index (χ2v) is 6.07. The van der Waals surface area contributed by atoms with Crippen LogP contribution in [0.1, 0.15) is 21.6 Å². The topological polar surface area (TPSA) is 83.4 Å². The van der Waals surface area contributed by atoms with Crippen LogP contribution < -0.4 is 14.4 Å². The summed E-state index contributed by atoms with van der Waals surface area (Å²) in [5.41, 5.74) is 2.11. The van der Waals surface area contributed by atoms with Crippen LogP contribution in [0.5, 0.6) is 11.6 Å². The summed E-state index contributed by atoms with van der Waals surface area (Å²) in [6, 6.07) is 12.5. The second kappa shape index (κ2) is 6.87.